The van der Waals surface area contributed by atoms with Gasteiger partial charge in [-0.2, -0.15) is 0 Å². The molecule has 1 aliphatic heterocycles. The molecule has 1 aromatic heterocycles. The van der Waals surface area contributed by atoms with Crippen LogP contribution in [0.3, 0.4) is 0 Å². The van der Waals surface area contributed by atoms with Crippen LogP contribution >= 0.6 is 11.8 Å². The van der Waals surface area contributed by atoms with E-state index in [0.29, 0.717) is 31.3 Å². The van der Waals surface area contributed by atoms with E-state index in [4.69, 9.17) is 4.74 Å². The van der Waals surface area contributed by atoms with E-state index in [1.807, 2.05) is 24.3 Å². The minimum absolute atomic E-state index is 0.0686. The Kier molecular flexibility index (Phi) is 8.03. The van der Waals surface area contributed by atoms with Crippen LogP contribution in [-0.2, 0) is 4.79 Å². The Morgan fingerprint density at radius 1 is 1.22 bits per heavy atom. The number of nitrogens with zero attached hydrogens (tertiary/aromatic N) is 2. The van der Waals surface area contributed by atoms with E-state index in [0.717, 1.165) is 48.0 Å². The number of hydrogen-bond donors (Lipinski definition) is 2. The number of rotatable bonds is 9. The molecule has 2 N–H and O–H groups in total. The maximum Gasteiger partial charge on any atom is 0.308 e. The van der Waals surface area contributed by atoms with E-state index in [2.05, 4.69) is 40.4 Å². The summed E-state index contributed by atoms with van der Waals surface area (Å²) >= 11 is 1.80. The summed E-state index contributed by atoms with van der Waals surface area (Å²) in [6, 6.07) is 16.6. The summed E-state index contributed by atoms with van der Waals surface area (Å²) in [5, 5.41) is 22.0. The number of carboxylic acids is 1. The number of ether oxygens (including phenoxy) is 1. The van der Waals surface area contributed by atoms with Crippen LogP contribution in [0.2, 0.25) is 0 Å². The number of thioether (sulfide) groups is 1. The quantitative estimate of drug-likeness (QED) is 0.348. The van der Waals surface area contributed by atoms with Gasteiger partial charge in [-0.3, -0.25) is 14.7 Å². The van der Waals surface area contributed by atoms with Gasteiger partial charge in [0, 0.05) is 29.1 Å². The van der Waals surface area contributed by atoms with E-state index in [9.17, 15) is 15.0 Å². The number of likely N-dealkylation sites (tertiary alicyclic amines) is 1. The Balaban J connectivity index is 1.20. The maximum atomic E-state index is 12.3. The van der Waals surface area contributed by atoms with Crippen molar-refractivity contribution in [2.45, 2.75) is 55.1 Å². The van der Waals surface area contributed by atoms with Crippen LogP contribution in [0.4, 0.5) is 0 Å². The molecule has 2 aromatic carbocycles. The highest BCUT2D eigenvalue weighted by Crippen LogP contribution is 2.44. The summed E-state index contributed by atoms with van der Waals surface area (Å²) in [5.41, 5.74) is 3.07. The van der Waals surface area contributed by atoms with Crippen LogP contribution in [0, 0.1) is 11.8 Å². The monoisotopic (exact) mass is 520 g/mol. The largest absolute Gasteiger partial charge is 0.497 e. The summed E-state index contributed by atoms with van der Waals surface area (Å²) in [4.78, 5) is 20.4. The van der Waals surface area contributed by atoms with Crippen LogP contribution in [0.1, 0.15) is 55.3 Å². The predicted molar refractivity (Wildman–Crippen MR) is 147 cm³/mol. The lowest BCUT2D eigenvalue weighted by atomic mass is 9.73. The molecule has 0 amide bonds. The number of aliphatic carboxylic acids is 1. The third-order valence-electron chi connectivity index (χ3n) is 8.47. The Bertz CT molecular complexity index is 1250. The van der Waals surface area contributed by atoms with E-state index in [1.54, 1.807) is 25.1 Å². The van der Waals surface area contributed by atoms with Crippen molar-refractivity contribution in [2.75, 3.05) is 26.5 Å². The van der Waals surface area contributed by atoms with Crippen LogP contribution in [0.25, 0.3) is 10.9 Å². The van der Waals surface area contributed by atoms with Gasteiger partial charge < -0.3 is 14.9 Å². The van der Waals surface area contributed by atoms with Gasteiger partial charge in [-0.25, -0.2) is 0 Å². The van der Waals surface area contributed by atoms with Crippen molar-refractivity contribution in [1.29, 1.82) is 0 Å². The Morgan fingerprint density at radius 2 is 2.03 bits per heavy atom. The highest BCUT2D eigenvalue weighted by Gasteiger charge is 2.41. The van der Waals surface area contributed by atoms with Crippen molar-refractivity contribution in [1.82, 2.24) is 9.88 Å². The van der Waals surface area contributed by atoms with Crippen molar-refractivity contribution < 1.29 is 19.7 Å². The summed E-state index contributed by atoms with van der Waals surface area (Å²) in [5.74, 6) is 0.250. The summed E-state index contributed by atoms with van der Waals surface area (Å²) in [6.45, 7) is 1.54. The van der Waals surface area contributed by atoms with Gasteiger partial charge in [-0.15, -0.1) is 11.8 Å². The zero-order valence-corrected chi connectivity index (χ0v) is 22.4. The summed E-state index contributed by atoms with van der Waals surface area (Å²) in [7, 11) is 1.62. The zero-order valence-electron chi connectivity index (χ0n) is 21.5. The summed E-state index contributed by atoms with van der Waals surface area (Å²) in [6.07, 6.45) is 7.46. The van der Waals surface area contributed by atoms with E-state index < -0.39 is 18.0 Å². The molecule has 1 saturated carbocycles. The fraction of sp³-hybridized carbons (Fsp3) is 0.467. The molecule has 5 rings (SSSR count). The SMILES string of the molecule is COc1ccc2nccc([C@@H](O)CC[C@@H]3CCN(C4CC(c5ccccc5SC)C4)C[C@@H]3C(=O)O)c2c1. The number of methoxy groups -OCH3 is 1. The molecule has 2 heterocycles. The van der Waals surface area contributed by atoms with Crippen molar-refractivity contribution >= 4 is 28.6 Å². The number of aliphatic hydroxyl groups excluding tert-OH is 1. The molecular formula is C30H36N2O4S. The zero-order chi connectivity index (χ0) is 25.9. The molecule has 1 aliphatic carbocycles. The number of pyridine rings is 1. The number of benzene rings is 2. The molecule has 0 unspecified atom stereocenters. The van der Waals surface area contributed by atoms with Crippen molar-refractivity contribution in [3.8, 4) is 5.75 Å². The molecule has 3 atom stereocenters. The molecule has 2 aliphatic rings. The van der Waals surface area contributed by atoms with Gasteiger partial charge in [-0.05, 0) is 98.2 Å². The van der Waals surface area contributed by atoms with E-state index >= 15 is 0 Å². The van der Waals surface area contributed by atoms with Gasteiger partial charge in [0.25, 0.3) is 0 Å². The second kappa shape index (κ2) is 11.4. The highest BCUT2D eigenvalue weighted by molar-refractivity contribution is 7.98. The lowest BCUT2D eigenvalue weighted by molar-refractivity contribution is -0.147. The van der Waals surface area contributed by atoms with E-state index in [1.165, 1.54) is 10.5 Å². The number of aromatic nitrogens is 1. The number of carbonyl (C=O) groups is 1. The second-order valence-corrected chi connectivity index (χ2v) is 11.3. The third-order valence-corrected chi connectivity index (χ3v) is 9.28. The molecule has 0 radical (unpaired) electrons. The second-order valence-electron chi connectivity index (χ2n) is 10.4. The highest BCUT2D eigenvalue weighted by atomic mass is 32.2. The maximum absolute atomic E-state index is 12.3. The minimum Gasteiger partial charge on any atom is -0.497 e. The molecule has 0 spiro atoms. The Hall–Kier alpha value is -2.61. The fourth-order valence-corrected chi connectivity index (χ4v) is 6.90. The molecule has 6 nitrogen and oxygen atoms in total. The van der Waals surface area contributed by atoms with Crippen molar-refractivity contribution in [2.24, 2.45) is 11.8 Å². The smallest absolute Gasteiger partial charge is 0.308 e. The van der Waals surface area contributed by atoms with Crippen molar-refractivity contribution in [3.63, 3.8) is 0 Å². The normalized spacial score (nSPS) is 24.9. The van der Waals surface area contributed by atoms with Crippen LogP contribution < -0.4 is 4.74 Å². The van der Waals surface area contributed by atoms with Crippen LogP contribution in [0.5, 0.6) is 5.75 Å². The average Bonchev–Trinajstić information content (AvgIpc) is 2.90. The average molecular weight is 521 g/mol. The van der Waals surface area contributed by atoms with Crippen LogP contribution in [-0.4, -0.2) is 58.6 Å². The molecule has 7 heteroatoms. The molecule has 2 fully saturated rings. The predicted octanol–water partition coefficient (Wildman–Crippen LogP) is 5.75. The lowest BCUT2D eigenvalue weighted by Gasteiger charge is -2.48. The number of piperidine rings is 1. The lowest BCUT2D eigenvalue weighted by Crippen LogP contribution is -2.52. The molecule has 0 bridgehead atoms. The van der Waals surface area contributed by atoms with Gasteiger partial charge in [-0.1, -0.05) is 18.2 Å². The number of aliphatic hydroxyl groups is 1. The van der Waals surface area contributed by atoms with Gasteiger partial charge in [0.1, 0.15) is 5.75 Å². The fourth-order valence-electron chi connectivity index (χ4n) is 6.22. The van der Waals surface area contributed by atoms with Gasteiger partial charge in [0.05, 0.1) is 24.6 Å². The molecule has 37 heavy (non-hydrogen) atoms. The number of hydrogen-bond acceptors (Lipinski definition) is 6. The summed E-state index contributed by atoms with van der Waals surface area (Å²) < 4.78 is 5.36. The van der Waals surface area contributed by atoms with Gasteiger partial charge >= 0.3 is 5.97 Å². The van der Waals surface area contributed by atoms with Crippen LogP contribution in [0.15, 0.2) is 59.6 Å². The molecule has 3 aromatic rings. The first kappa shape index (κ1) is 26.0. The van der Waals surface area contributed by atoms with Crippen molar-refractivity contribution in [3.05, 3.63) is 65.9 Å². The Labute approximate surface area is 223 Å². The molecule has 196 valence electrons. The topological polar surface area (TPSA) is 82.9 Å². The van der Waals surface area contributed by atoms with Gasteiger partial charge in [0.2, 0.25) is 0 Å². The van der Waals surface area contributed by atoms with E-state index in [-0.39, 0.29) is 5.92 Å². The first-order chi connectivity index (χ1) is 18.0. The third kappa shape index (κ3) is 5.49. The standard InChI is InChI=1S/C30H36N2O4S/c1-36-22-8-9-27-25(17-22)24(11-13-31-27)28(33)10-7-19-12-14-32(18-26(19)30(34)35)21-15-20(16-21)23-5-3-4-6-29(23)37-2/h3-6,8-9,11,13,17,19-21,26,28,33H,7,10,12,14-16,18H2,1-2H3,(H,34,35)/t19-,20?,21?,26+,28+/m1/s1. The number of carboxylic acid groups (broad SMARTS) is 1. The molecule has 1 saturated heterocycles. The Morgan fingerprint density at radius 3 is 2.78 bits per heavy atom. The van der Waals surface area contributed by atoms with Gasteiger partial charge in [0.15, 0.2) is 0 Å². The first-order valence-corrected chi connectivity index (χ1v) is 14.4. The molecular weight excluding hydrogens is 484 g/mol. The number of fused-ring (bicyclic) bond motifs is 1. The first-order valence-electron chi connectivity index (χ1n) is 13.2. The minimum atomic E-state index is -0.716.